The molecule has 0 spiro atoms. The molecule has 1 aliphatic rings. The van der Waals surface area contributed by atoms with Gasteiger partial charge in [-0.05, 0) is 39.2 Å². The van der Waals surface area contributed by atoms with Gasteiger partial charge >= 0.3 is 0 Å². The number of para-hydroxylation sites is 1. The van der Waals surface area contributed by atoms with Gasteiger partial charge in [-0.1, -0.05) is 72.8 Å². The van der Waals surface area contributed by atoms with Crippen molar-refractivity contribution < 1.29 is 9.59 Å². The Bertz CT molecular complexity index is 1370. The van der Waals surface area contributed by atoms with Gasteiger partial charge in [0.2, 0.25) is 0 Å². The number of pyridine rings is 1. The molecule has 0 amide bonds. The zero-order chi connectivity index (χ0) is 20.5. The third-order valence-electron chi connectivity index (χ3n) is 5.55. The number of benzene rings is 4. The Morgan fingerprint density at radius 3 is 2.20 bits per heavy atom. The van der Waals surface area contributed by atoms with Crippen LogP contribution in [0.1, 0.15) is 22.3 Å². The molecule has 0 atom stereocenters. The lowest BCUT2D eigenvalue weighted by Crippen LogP contribution is -2.19. The van der Waals surface area contributed by atoms with E-state index in [1.807, 2.05) is 66.9 Å². The fourth-order valence-corrected chi connectivity index (χ4v) is 4.17. The number of aromatic nitrogens is 1. The maximum Gasteiger partial charge on any atom is 0.171 e. The summed E-state index contributed by atoms with van der Waals surface area (Å²) in [6.07, 6.45) is 2.23. The highest BCUT2D eigenvalue weighted by atomic mass is 16.1. The van der Waals surface area contributed by atoms with Gasteiger partial charge in [-0.15, -0.1) is 0 Å². The first kappa shape index (κ1) is 18.2. The molecule has 30 heavy (non-hydrogen) atoms. The molecule has 0 saturated carbocycles. The number of Topliss-reactive ketones (excluding diaryl/α,β-unsaturated/α-hetero) is 2. The standard InChI is InChI=1S/C18H12O2.C9H7N/c19-13-9-12-6-7-15-14-4-2-1-3-11(14)5-8-16(15)18(12)17(20)10-13;1-2-6-9-8(4-1)5-3-7-10-9/h1-8H,9-10H2;1-7H. The molecule has 3 heteroatoms. The highest BCUT2D eigenvalue weighted by Gasteiger charge is 2.25. The molecule has 5 aromatic rings. The third kappa shape index (κ3) is 3.25. The first-order chi connectivity index (χ1) is 14.7. The van der Waals surface area contributed by atoms with Crippen LogP contribution in [0.3, 0.4) is 0 Å². The van der Waals surface area contributed by atoms with E-state index in [0.717, 1.165) is 32.8 Å². The number of hydrogen-bond acceptors (Lipinski definition) is 3. The molecule has 3 nitrogen and oxygen atoms in total. The minimum Gasteiger partial charge on any atom is -0.299 e. The van der Waals surface area contributed by atoms with E-state index in [4.69, 9.17) is 0 Å². The number of ketones is 2. The minimum absolute atomic E-state index is 0.0163. The summed E-state index contributed by atoms with van der Waals surface area (Å²) in [6, 6.07) is 28.3. The summed E-state index contributed by atoms with van der Waals surface area (Å²) in [5.74, 6) is -0.0280. The van der Waals surface area contributed by atoms with Crippen molar-refractivity contribution in [2.45, 2.75) is 12.8 Å². The lowest BCUT2D eigenvalue weighted by molar-refractivity contribution is -0.117. The molecular formula is C27H19NO2. The predicted octanol–water partition coefficient (Wildman–Crippen LogP) is 5.93. The van der Waals surface area contributed by atoms with Crippen LogP contribution < -0.4 is 0 Å². The van der Waals surface area contributed by atoms with Crippen LogP contribution >= 0.6 is 0 Å². The summed E-state index contributed by atoms with van der Waals surface area (Å²) >= 11 is 0. The Balaban J connectivity index is 0.000000161. The number of hydrogen-bond donors (Lipinski definition) is 0. The summed E-state index contributed by atoms with van der Waals surface area (Å²) in [5.41, 5.74) is 2.67. The van der Waals surface area contributed by atoms with E-state index in [0.29, 0.717) is 6.42 Å². The van der Waals surface area contributed by atoms with E-state index in [1.54, 1.807) is 0 Å². The van der Waals surface area contributed by atoms with Crippen LogP contribution in [0.5, 0.6) is 0 Å². The molecule has 0 fully saturated rings. The van der Waals surface area contributed by atoms with E-state index in [2.05, 4.69) is 29.2 Å². The zero-order valence-electron chi connectivity index (χ0n) is 16.3. The van der Waals surface area contributed by atoms with E-state index < -0.39 is 0 Å². The van der Waals surface area contributed by atoms with Gasteiger partial charge in [0.25, 0.3) is 0 Å². The summed E-state index contributed by atoms with van der Waals surface area (Å²) in [7, 11) is 0. The second-order valence-electron chi connectivity index (χ2n) is 7.49. The van der Waals surface area contributed by atoms with E-state index in [-0.39, 0.29) is 18.0 Å². The van der Waals surface area contributed by atoms with Crippen LogP contribution in [0, 0.1) is 0 Å². The monoisotopic (exact) mass is 389 g/mol. The molecule has 1 heterocycles. The van der Waals surface area contributed by atoms with E-state index in [1.165, 1.54) is 10.8 Å². The number of fused-ring (bicyclic) bond motifs is 6. The van der Waals surface area contributed by atoms with Crippen LogP contribution in [-0.2, 0) is 11.2 Å². The lowest BCUT2D eigenvalue weighted by atomic mass is 9.85. The Morgan fingerprint density at radius 1 is 0.600 bits per heavy atom. The van der Waals surface area contributed by atoms with Crippen molar-refractivity contribution >= 4 is 44.0 Å². The average Bonchev–Trinajstić information content (AvgIpc) is 2.78. The van der Waals surface area contributed by atoms with Crippen LogP contribution in [0.25, 0.3) is 32.4 Å². The van der Waals surface area contributed by atoms with Gasteiger partial charge in [-0.3, -0.25) is 14.6 Å². The Hall–Kier alpha value is -3.85. The van der Waals surface area contributed by atoms with Crippen molar-refractivity contribution in [1.29, 1.82) is 0 Å². The summed E-state index contributed by atoms with van der Waals surface area (Å²) in [6.45, 7) is 0. The second kappa shape index (κ2) is 7.53. The van der Waals surface area contributed by atoms with Crippen molar-refractivity contribution in [1.82, 2.24) is 4.98 Å². The Kier molecular flexibility index (Phi) is 4.56. The van der Waals surface area contributed by atoms with Crippen LogP contribution in [-0.4, -0.2) is 16.6 Å². The first-order valence-electron chi connectivity index (χ1n) is 9.99. The number of carbonyl (C=O) groups excluding carboxylic acids is 2. The molecule has 0 radical (unpaired) electrons. The van der Waals surface area contributed by atoms with Crippen molar-refractivity contribution in [3.8, 4) is 0 Å². The predicted molar refractivity (Wildman–Crippen MR) is 121 cm³/mol. The molecule has 4 aromatic carbocycles. The Morgan fingerprint density at radius 2 is 1.33 bits per heavy atom. The summed E-state index contributed by atoms with van der Waals surface area (Å²) in [5, 5.41) is 5.57. The smallest absolute Gasteiger partial charge is 0.171 e. The van der Waals surface area contributed by atoms with Crippen LogP contribution in [0.2, 0.25) is 0 Å². The molecule has 0 unspecified atom stereocenters. The maximum atomic E-state index is 12.2. The second-order valence-corrected chi connectivity index (χ2v) is 7.49. The van der Waals surface area contributed by atoms with Gasteiger partial charge in [0.1, 0.15) is 5.78 Å². The quantitative estimate of drug-likeness (QED) is 0.244. The average molecular weight is 389 g/mol. The fraction of sp³-hybridized carbons (Fsp3) is 0.0741. The lowest BCUT2D eigenvalue weighted by Gasteiger charge is -2.17. The molecule has 0 aliphatic heterocycles. The summed E-state index contributed by atoms with van der Waals surface area (Å²) in [4.78, 5) is 28.0. The highest BCUT2D eigenvalue weighted by molar-refractivity contribution is 6.22. The first-order valence-corrected chi connectivity index (χ1v) is 9.99. The molecule has 144 valence electrons. The van der Waals surface area contributed by atoms with Gasteiger partial charge in [0.05, 0.1) is 11.9 Å². The Labute approximate surface area is 174 Å². The van der Waals surface area contributed by atoms with Gasteiger partial charge < -0.3 is 0 Å². The number of rotatable bonds is 0. The molecule has 0 N–H and O–H groups in total. The van der Waals surface area contributed by atoms with Crippen molar-refractivity contribution in [2.24, 2.45) is 0 Å². The molecule has 1 aliphatic carbocycles. The molecule has 1 aromatic heterocycles. The van der Waals surface area contributed by atoms with Crippen LogP contribution in [0.15, 0.2) is 91.1 Å². The molecule has 0 saturated heterocycles. The van der Waals surface area contributed by atoms with Crippen molar-refractivity contribution in [2.75, 3.05) is 0 Å². The van der Waals surface area contributed by atoms with Gasteiger partial charge in [-0.25, -0.2) is 0 Å². The largest absolute Gasteiger partial charge is 0.299 e. The zero-order valence-corrected chi connectivity index (χ0v) is 16.3. The highest BCUT2D eigenvalue weighted by Crippen LogP contribution is 2.32. The van der Waals surface area contributed by atoms with Gasteiger partial charge in [0, 0.05) is 23.6 Å². The normalized spacial score (nSPS) is 13.2. The SMILES string of the molecule is O=C1CC(=O)c2c(ccc3c2ccc2ccccc23)C1.c1ccc2ncccc2c1. The van der Waals surface area contributed by atoms with Gasteiger partial charge in [0.15, 0.2) is 5.78 Å². The number of nitrogens with zero attached hydrogens (tertiary/aromatic N) is 1. The van der Waals surface area contributed by atoms with Gasteiger partial charge in [-0.2, -0.15) is 0 Å². The summed E-state index contributed by atoms with van der Waals surface area (Å²) < 4.78 is 0. The molecular weight excluding hydrogens is 370 g/mol. The van der Waals surface area contributed by atoms with Crippen molar-refractivity contribution in [3.05, 3.63) is 102 Å². The molecule has 6 rings (SSSR count). The third-order valence-corrected chi connectivity index (χ3v) is 5.55. The van der Waals surface area contributed by atoms with E-state index in [9.17, 15) is 9.59 Å². The number of carbonyl (C=O) groups is 2. The van der Waals surface area contributed by atoms with E-state index >= 15 is 0 Å². The van der Waals surface area contributed by atoms with Crippen LogP contribution in [0.4, 0.5) is 0 Å². The topological polar surface area (TPSA) is 47.0 Å². The maximum absolute atomic E-state index is 12.2. The van der Waals surface area contributed by atoms with Crippen molar-refractivity contribution in [3.63, 3.8) is 0 Å². The fourth-order valence-electron chi connectivity index (χ4n) is 4.17. The molecule has 0 bridgehead atoms. The minimum atomic E-state index is -0.0443.